The lowest BCUT2D eigenvalue weighted by Crippen LogP contribution is -2.42. The third kappa shape index (κ3) is 5.78. The average molecular weight is 448 g/mol. The summed E-state index contributed by atoms with van der Waals surface area (Å²) in [4.78, 5) is 51.2. The number of amides is 3. The number of carbonyl (C=O) groups is 4. The zero-order valence-electron chi connectivity index (χ0n) is 17.2. The smallest absolute Gasteiger partial charge is 0.341 e. The molecule has 0 spiro atoms. The lowest BCUT2D eigenvalue weighted by Gasteiger charge is -2.22. The molecule has 2 aliphatic heterocycles. The molecule has 9 nitrogen and oxygen atoms in total. The number of rotatable bonds is 7. The Labute approximate surface area is 184 Å². The standard InChI is InChI=1S/C21H24N2O7S/c1-29-16-10-14(6-7-15(16)30-13-19(25)26)11-17-20(27)23(21(28)31-17)12-18(24)22-8-4-2-3-5-9-22/h6-7,10-11H,2-5,8-9,12-13H2,1H3,(H,25,26). The van der Waals surface area contributed by atoms with Gasteiger partial charge in [0.2, 0.25) is 5.91 Å². The number of likely N-dealkylation sites (tertiary alicyclic amines) is 1. The Morgan fingerprint density at radius 1 is 1.13 bits per heavy atom. The Bertz CT molecular complexity index is 907. The van der Waals surface area contributed by atoms with Gasteiger partial charge < -0.3 is 19.5 Å². The highest BCUT2D eigenvalue weighted by atomic mass is 32.2. The normalized spacial score (nSPS) is 18.3. The van der Waals surface area contributed by atoms with Gasteiger partial charge >= 0.3 is 5.97 Å². The van der Waals surface area contributed by atoms with Crippen LogP contribution in [0.3, 0.4) is 0 Å². The van der Waals surface area contributed by atoms with E-state index in [4.69, 9.17) is 14.6 Å². The maximum Gasteiger partial charge on any atom is 0.341 e. The first kappa shape index (κ1) is 22.7. The van der Waals surface area contributed by atoms with Crippen LogP contribution in [0, 0.1) is 0 Å². The van der Waals surface area contributed by atoms with Crippen molar-refractivity contribution in [2.24, 2.45) is 0 Å². The van der Waals surface area contributed by atoms with Gasteiger partial charge in [-0.3, -0.25) is 19.3 Å². The summed E-state index contributed by atoms with van der Waals surface area (Å²) in [5, 5.41) is 8.26. The lowest BCUT2D eigenvalue weighted by molar-refractivity contribution is -0.139. The van der Waals surface area contributed by atoms with Crippen LogP contribution in [0.4, 0.5) is 4.79 Å². The fraction of sp³-hybridized carbons (Fsp3) is 0.429. The van der Waals surface area contributed by atoms with Crippen LogP contribution in [0.15, 0.2) is 23.1 Å². The zero-order valence-corrected chi connectivity index (χ0v) is 18.0. The van der Waals surface area contributed by atoms with Crippen molar-refractivity contribution in [3.05, 3.63) is 28.7 Å². The Hall–Kier alpha value is -3.01. The number of carbonyl (C=O) groups excluding carboxylic acids is 3. The number of aliphatic carboxylic acids is 1. The Morgan fingerprint density at radius 3 is 2.48 bits per heavy atom. The summed E-state index contributed by atoms with van der Waals surface area (Å²) >= 11 is 0.779. The van der Waals surface area contributed by atoms with E-state index in [2.05, 4.69) is 0 Å². The average Bonchev–Trinajstić information content (AvgIpc) is 2.95. The van der Waals surface area contributed by atoms with E-state index < -0.39 is 23.7 Å². The molecule has 1 aromatic rings. The number of ether oxygens (including phenoxy) is 2. The van der Waals surface area contributed by atoms with Crippen molar-refractivity contribution in [2.75, 3.05) is 33.4 Å². The van der Waals surface area contributed by atoms with E-state index in [-0.39, 0.29) is 23.1 Å². The van der Waals surface area contributed by atoms with Crippen LogP contribution in [0.25, 0.3) is 6.08 Å². The van der Waals surface area contributed by atoms with Gasteiger partial charge in [-0.1, -0.05) is 18.9 Å². The molecule has 0 aromatic heterocycles. The number of methoxy groups -OCH3 is 1. The van der Waals surface area contributed by atoms with E-state index in [1.165, 1.54) is 19.3 Å². The van der Waals surface area contributed by atoms with E-state index in [0.29, 0.717) is 24.4 Å². The summed E-state index contributed by atoms with van der Waals surface area (Å²) in [6.45, 7) is 0.537. The molecular formula is C21H24N2O7S. The van der Waals surface area contributed by atoms with Crippen molar-refractivity contribution in [3.8, 4) is 11.5 Å². The van der Waals surface area contributed by atoms with Gasteiger partial charge in [-0.2, -0.15) is 0 Å². The largest absolute Gasteiger partial charge is 0.493 e. The van der Waals surface area contributed by atoms with Crippen LogP contribution in [-0.2, 0) is 14.4 Å². The topological polar surface area (TPSA) is 113 Å². The molecule has 0 unspecified atom stereocenters. The fourth-order valence-electron chi connectivity index (χ4n) is 3.38. The van der Waals surface area contributed by atoms with Crippen molar-refractivity contribution >= 4 is 40.9 Å². The number of nitrogens with zero attached hydrogens (tertiary/aromatic N) is 2. The maximum atomic E-state index is 12.7. The minimum atomic E-state index is -1.12. The molecule has 0 radical (unpaired) electrons. The maximum absolute atomic E-state index is 12.7. The van der Waals surface area contributed by atoms with Crippen molar-refractivity contribution in [1.29, 1.82) is 0 Å². The lowest BCUT2D eigenvalue weighted by atomic mass is 10.2. The quantitative estimate of drug-likeness (QED) is 0.633. The van der Waals surface area contributed by atoms with Gasteiger partial charge in [0.25, 0.3) is 11.1 Å². The second-order valence-corrected chi connectivity index (χ2v) is 8.15. The van der Waals surface area contributed by atoms with Gasteiger partial charge in [0, 0.05) is 13.1 Å². The molecule has 0 saturated carbocycles. The molecule has 2 saturated heterocycles. The summed E-state index contributed by atoms with van der Waals surface area (Å²) in [5.74, 6) is -1.30. The molecule has 1 N–H and O–H groups in total. The zero-order chi connectivity index (χ0) is 22.4. The van der Waals surface area contributed by atoms with Crippen LogP contribution < -0.4 is 9.47 Å². The minimum Gasteiger partial charge on any atom is -0.493 e. The molecule has 166 valence electrons. The number of hydrogen-bond donors (Lipinski definition) is 1. The monoisotopic (exact) mass is 448 g/mol. The van der Waals surface area contributed by atoms with Crippen molar-refractivity contribution < 1.29 is 33.8 Å². The van der Waals surface area contributed by atoms with Gasteiger partial charge in [-0.05, 0) is 48.4 Å². The SMILES string of the molecule is COc1cc(C=C2SC(=O)N(CC(=O)N3CCCCCC3)C2=O)ccc1OCC(=O)O. The van der Waals surface area contributed by atoms with Crippen molar-refractivity contribution in [1.82, 2.24) is 9.80 Å². The van der Waals surface area contributed by atoms with E-state index in [1.54, 1.807) is 17.0 Å². The van der Waals surface area contributed by atoms with Crippen LogP contribution in [0.2, 0.25) is 0 Å². The molecule has 10 heteroatoms. The summed E-state index contributed by atoms with van der Waals surface area (Å²) in [6, 6.07) is 4.73. The highest BCUT2D eigenvalue weighted by Gasteiger charge is 2.37. The number of hydrogen-bond acceptors (Lipinski definition) is 7. The highest BCUT2D eigenvalue weighted by Crippen LogP contribution is 2.34. The first-order chi connectivity index (χ1) is 14.9. The number of benzene rings is 1. The van der Waals surface area contributed by atoms with E-state index in [0.717, 1.165) is 42.3 Å². The molecule has 0 bridgehead atoms. The van der Waals surface area contributed by atoms with Crippen LogP contribution in [0.1, 0.15) is 31.2 Å². The molecule has 31 heavy (non-hydrogen) atoms. The minimum absolute atomic E-state index is 0.204. The van der Waals surface area contributed by atoms with Gasteiger partial charge in [-0.25, -0.2) is 4.79 Å². The number of carboxylic acid groups (broad SMARTS) is 1. The van der Waals surface area contributed by atoms with Gasteiger partial charge in [-0.15, -0.1) is 0 Å². The molecule has 1 aromatic carbocycles. The van der Waals surface area contributed by atoms with Gasteiger partial charge in [0.05, 0.1) is 12.0 Å². The van der Waals surface area contributed by atoms with Crippen molar-refractivity contribution in [2.45, 2.75) is 25.7 Å². The number of carboxylic acids is 1. The van der Waals surface area contributed by atoms with Gasteiger partial charge in [0.15, 0.2) is 18.1 Å². The number of imide groups is 1. The van der Waals surface area contributed by atoms with Gasteiger partial charge in [0.1, 0.15) is 6.54 Å². The third-order valence-electron chi connectivity index (χ3n) is 4.96. The Balaban J connectivity index is 1.70. The molecule has 3 rings (SSSR count). The molecule has 2 aliphatic rings. The Kier molecular flexibility index (Phi) is 7.56. The van der Waals surface area contributed by atoms with E-state index in [1.807, 2.05) is 0 Å². The molecule has 3 amide bonds. The number of thioether (sulfide) groups is 1. The first-order valence-electron chi connectivity index (χ1n) is 9.95. The molecular weight excluding hydrogens is 424 g/mol. The second-order valence-electron chi connectivity index (χ2n) is 7.16. The van der Waals surface area contributed by atoms with E-state index >= 15 is 0 Å². The third-order valence-corrected chi connectivity index (χ3v) is 5.87. The Morgan fingerprint density at radius 2 is 1.84 bits per heavy atom. The summed E-state index contributed by atoms with van der Waals surface area (Å²) < 4.78 is 10.4. The summed E-state index contributed by atoms with van der Waals surface area (Å²) in [6.07, 6.45) is 5.56. The second kappa shape index (κ2) is 10.3. The molecule has 2 fully saturated rings. The molecule has 0 aliphatic carbocycles. The van der Waals surface area contributed by atoms with Crippen LogP contribution in [-0.4, -0.2) is 71.3 Å². The summed E-state index contributed by atoms with van der Waals surface area (Å²) in [5.41, 5.74) is 0.573. The van der Waals surface area contributed by atoms with E-state index in [9.17, 15) is 19.2 Å². The first-order valence-corrected chi connectivity index (χ1v) is 10.8. The van der Waals surface area contributed by atoms with Crippen LogP contribution >= 0.6 is 11.8 Å². The van der Waals surface area contributed by atoms with Crippen LogP contribution in [0.5, 0.6) is 11.5 Å². The predicted octanol–water partition coefficient (Wildman–Crippen LogP) is 2.60. The molecule has 2 heterocycles. The van der Waals surface area contributed by atoms with Crippen molar-refractivity contribution in [3.63, 3.8) is 0 Å². The predicted molar refractivity (Wildman–Crippen MR) is 114 cm³/mol. The fourth-order valence-corrected chi connectivity index (χ4v) is 4.21. The summed E-state index contributed by atoms with van der Waals surface area (Å²) in [7, 11) is 1.41. The molecule has 0 atom stereocenters. The highest BCUT2D eigenvalue weighted by molar-refractivity contribution is 8.18.